The molecule has 8 heteroatoms. The van der Waals surface area contributed by atoms with Gasteiger partial charge in [0.1, 0.15) is 4.90 Å². The Morgan fingerprint density at radius 1 is 1.26 bits per heavy atom. The van der Waals surface area contributed by atoms with Gasteiger partial charge < -0.3 is 5.11 Å². The highest BCUT2D eigenvalue weighted by Gasteiger charge is 2.16. The number of sulfonamides is 1. The molecule has 0 aliphatic carbocycles. The van der Waals surface area contributed by atoms with E-state index in [2.05, 4.69) is 9.82 Å². The largest absolute Gasteiger partial charge is 0.481 e. The van der Waals surface area contributed by atoms with Gasteiger partial charge in [-0.2, -0.15) is 5.10 Å². The number of carbonyl (C=O) groups is 1. The first-order valence-corrected chi connectivity index (χ1v) is 8.59. The van der Waals surface area contributed by atoms with Crippen LogP contribution in [-0.4, -0.2) is 29.3 Å². The fourth-order valence-corrected chi connectivity index (χ4v) is 2.91. The average Bonchev–Trinajstić information content (AvgIpc) is 2.97. The molecule has 7 nitrogen and oxygen atoms in total. The summed E-state index contributed by atoms with van der Waals surface area (Å²) in [7, 11) is -3.63. The molecule has 2 rings (SSSR count). The summed E-state index contributed by atoms with van der Waals surface area (Å²) in [5, 5.41) is 12.7. The van der Waals surface area contributed by atoms with Crippen LogP contribution in [0.1, 0.15) is 31.0 Å². The number of carboxylic acids is 1. The molecular weight excluding hydrogens is 318 g/mol. The van der Waals surface area contributed by atoms with Crippen LogP contribution in [0.3, 0.4) is 0 Å². The molecule has 1 heterocycles. The number of nitrogens with one attached hydrogen (secondary N) is 1. The topological polar surface area (TPSA) is 101 Å². The minimum Gasteiger partial charge on any atom is -0.481 e. The lowest BCUT2D eigenvalue weighted by molar-refractivity contribution is -0.136. The van der Waals surface area contributed by atoms with Gasteiger partial charge in [0.15, 0.2) is 0 Å². The molecule has 0 saturated carbocycles. The zero-order valence-electron chi connectivity index (χ0n) is 12.9. The minimum atomic E-state index is -3.63. The number of nitrogens with zero attached hydrogens (tertiary/aromatic N) is 2. The smallest absolute Gasteiger partial charge is 0.307 e. The van der Waals surface area contributed by atoms with Crippen molar-refractivity contribution in [3.8, 4) is 0 Å². The maximum Gasteiger partial charge on any atom is 0.307 e. The van der Waals surface area contributed by atoms with Crippen molar-refractivity contribution in [2.75, 3.05) is 0 Å². The third kappa shape index (κ3) is 4.64. The van der Waals surface area contributed by atoms with Gasteiger partial charge in [-0.1, -0.05) is 24.3 Å². The molecule has 1 aromatic heterocycles. The SMILES string of the molecule is CC(C)n1cc(S(=O)(=O)NCc2ccc(CC(=O)O)cc2)cn1. The number of aromatic nitrogens is 2. The molecule has 0 atom stereocenters. The van der Waals surface area contributed by atoms with E-state index >= 15 is 0 Å². The summed E-state index contributed by atoms with van der Waals surface area (Å²) in [5.74, 6) is -0.902. The number of hydrogen-bond donors (Lipinski definition) is 2. The van der Waals surface area contributed by atoms with Crippen LogP contribution < -0.4 is 4.72 Å². The van der Waals surface area contributed by atoms with Crippen molar-refractivity contribution in [2.45, 2.75) is 37.8 Å². The van der Waals surface area contributed by atoms with E-state index in [1.54, 1.807) is 28.9 Å². The molecule has 0 aliphatic heterocycles. The van der Waals surface area contributed by atoms with Crippen molar-refractivity contribution in [3.63, 3.8) is 0 Å². The molecule has 0 radical (unpaired) electrons. The van der Waals surface area contributed by atoms with Gasteiger partial charge in [0.25, 0.3) is 0 Å². The molecule has 0 bridgehead atoms. The number of aliphatic carboxylic acids is 1. The molecule has 23 heavy (non-hydrogen) atoms. The van der Waals surface area contributed by atoms with Crippen molar-refractivity contribution in [2.24, 2.45) is 0 Å². The first-order chi connectivity index (χ1) is 10.8. The van der Waals surface area contributed by atoms with Crippen LogP contribution in [0, 0.1) is 0 Å². The predicted molar refractivity (Wildman–Crippen MR) is 84.4 cm³/mol. The van der Waals surface area contributed by atoms with Crippen LogP contribution >= 0.6 is 0 Å². The first kappa shape index (κ1) is 17.2. The highest BCUT2D eigenvalue weighted by Crippen LogP contribution is 2.12. The molecule has 0 amide bonds. The Bertz CT molecular complexity index is 779. The summed E-state index contributed by atoms with van der Waals surface area (Å²) in [4.78, 5) is 10.7. The van der Waals surface area contributed by atoms with Gasteiger partial charge in [0, 0.05) is 18.8 Å². The van der Waals surface area contributed by atoms with Crippen molar-refractivity contribution < 1.29 is 18.3 Å². The number of carboxylic acid groups (broad SMARTS) is 1. The molecule has 2 aromatic rings. The van der Waals surface area contributed by atoms with Crippen molar-refractivity contribution in [1.29, 1.82) is 0 Å². The molecule has 0 saturated heterocycles. The second-order valence-electron chi connectivity index (χ2n) is 5.46. The predicted octanol–water partition coefficient (Wildman–Crippen LogP) is 1.57. The van der Waals surface area contributed by atoms with E-state index in [1.807, 2.05) is 13.8 Å². The lowest BCUT2D eigenvalue weighted by Gasteiger charge is -2.06. The van der Waals surface area contributed by atoms with Gasteiger partial charge in [-0.05, 0) is 25.0 Å². The lowest BCUT2D eigenvalue weighted by atomic mass is 10.1. The summed E-state index contributed by atoms with van der Waals surface area (Å²) in [6, 6.07) is 6.85. The zero-order valence-corrected chi connectivity index (χ0v) is 13.7. The fourth-order valence-electron chi connectivity index (χ4n) is 1.95. The third-order valence-corrected chi connectivity index (χ3v) is 4.62. The van der Waals surface area contributed by atoms with Crippen LogP contribution in [0.15, 0.2) is 41.6 Å². The van der Waals surface area contributed by atoms with Gasteiger partial charge in [0.2, 0.25) is 10.0 Å². The van der Waals surface area contributed by atoms with Crippen molar-refractivity contribution >= 4 is 16.0 Å². The Balaban J connectivity index is 2.02. The molecule has 1 aromatic carbocycles. The standard InChI is InChI=1S/C15H19N3O4S/c1-11(2)18-10-14(9-16-18)23(21,22)17-8-13-5-3-12(4-6-13)7-15(19)20/h3-6,9-11,17H,7-8H2,1-2H3,(H,19,20). The number of hydrogen-bond acceptors (Lipinski definition) is 4. The first-order valence-electron chi connectivity index (χ1n) is 7.11. The number of benzene rings is 1. The summed E-state index contributed by atoms with van der Waals surface area (Å²) in [6.45, 7) is 3.95. The van der Waals surface area contributed by atoms with E-state index in [4.69, 9.17) is 5.11 Å². The molecule has 0 spiro atoms. The molecule has 124 valence electrons. The highest BCUT2D eigenvalue weighted by molar-refractivity contribution is 7.89. The zero-order chi connectivity index (χ0) is 17.0. The van der Waals surface area contributed by atoms with Crippen LogP contribution in [0.2, 0.25) is 0 Å². The van der Waals surface area contributed by atoms with Crippen LogP contribution in [-0.2, 0) is 27.8 Å². The lowest BCUT2D eigenvalue weighted by Crippen LogP contribution is -2.23. The Hall–Kier alpha value is -2.19. The van der Waals surface area contributed by atoms with Gasteiger partial charge in [-0.15, -0.1) is 0 Å². The summed E-state index contributed by atoms with van der Waals surface area (Å²) in [5.41, 5.74) is 1.42. The van der Waals surface area contributed by atoms with E-state index in [9.17, 15) is 13.2 Å². The molecule has 0 unspecified atom stereocenters. The van der Waals surface area contributed by atoms with Crippen molar-refractivity contribution in [3.05, 3.63) is 47.8 Å². The summed E-state index contributed by atoms with van der Waals surface area (Å²) in [6.07, 6.45) is 2.75. The molecule has 0 aliphatic rings. The third-order valence-electron chi connectivity index (χ3n) is 3.26. The average molecular weight is 337 g/mol. The Labute approximate surface area is 135 Å². The van der Waals surface area contributed by atoms with E-state index in [0.29, 0.717) is 5.56 Å². The summed E-state index contributed by atoms with van der Waals surface area (Å²) >= 11 is 0. The minimum absolute atomic E-state index is 0.0552. The van der Waals surface area contributed by atoms with Crippen molar-refractivity contribution in [1.82, 2.24) is 14.5 Å². The van der Waals surface area contributed by atoms with E-state index in [-0.39, 0.29) is 23.9 Å². The number of rotatable bonds is 7. The maximum absolute atomic E-state index is 12.2. The monoisotopic (exact) mass is 337 g/mol. The van der Waals surface area contributed by atoms with Crippen LogP contribution in [0.5, 0.6) is 0 Å². The second kappa shape index (κ2) is 6.93. The van der Waals surface area contributed by atoms with Gasteiger partial charge in [0.05, 0.1) is 12.6 Å². The van der Waals surface area contributed by atoms with Crippen LogP contribution in [0.25, 0.3) is 0 Å². The normalized spacial score (nSPS) is 11.8. The highest BCUT2D eigenvalue weighted by atomic mass is 32.2. The van der Waals surface area contributed by atoms with E-state index in [1.165, 1.54) is 12.4 Å². The quantitative estimate of drug-likeness (QED) is 0.798. The Kier molecular flexibility index (Phi) is 5.17. The summed E-state index contributed by atoms with van der Waals surface area (Å²) < 4.78 is 28.5. The van der Waals surface area contributed by atoms with Crippen LogP contribution in [0.4, 0.5) is 0 Å². The maximum atomic E-state index is 12.2. The van der Waals surface area contributed by atoms with Gasteiger partial charge in [-0.3, -0.25) is 9.48 Å². The van der Waals surface area contributed by atoms with E-state index in [0.717, 1.165) is 5.56 Å². The Morgan fingerprint density at radius 2 is 1.87 bits per heavy atom. The second-order valence-corrected chi connectivity index (χ2v) is 7.23. The molecule has 0 fully saturated rings. The van der Waals surface area contributed by atoms with E-state index < -0.39 is 16.0 Å². The van der Waals surface area contributed by atoms with Gasteiger partial charge >= 0.3 is 5.97 Å². The molecular formula is C15H19N3O4S. The Morgan fingerprint density at radius 3 is 2.39 bits per heavy atom. The fraction of sp³-hybridized carbons (Fsp3) is 0.333. The molecule has 2 N–H and O–H groups in total. The van der Waals surface area contributed by atoms with Gasteiger partial charge in [-0.25, -0.2) is 13.1 Å².